The fraction of sp³-hybridized carbons (Fsp3) is 0.458. The number of rotatable bonds is 5. The van der Waals surface area contributed by atoms with Gasteiger partial charge in [0.05, 0.1) is 31.0 Å². The van der Waals surface area contributed by atoms with Crippen molar-refractivity contribution < 1.29 is 27.4 Å². The third-order valence-electron chi connectivity index (χ3n) is 6.34. The van der Waals surface area contributed by atoms with E-state index in [0.29, 0.717) is 56.7 Å². The first-order valence-corrected chi connectivity index (χ1v) is 13.7. The van der Waals surface area contributed by atoms with Crippen LogP contribution in [0.1, 0.15) is 24.0 Å². The van der Waals surface area contributed by atoms with Crippen molar-refractivity contribution in [1.82, 2.24) is 15.2 Å². The second-order valence-electron chi connectivity index (χ2n) is 8.28. The van der Waals surface area contributed by atoms with Gasteiger partial charge in [-0.25, -0.2) is 23.2 Å². The molecule has 4 heterocycles. The van der Waals surface area contributed by atoms with Crippen LogP contribution in [0.2, 0.25) is 0 Å². The number of amides is 1. The Kier molecular flexibility index (Phi) is 8.75. The van der Waals surface area contributed by atoms with Gasteiger partial charge in [-0.05, 0) is 18.6 Å². The molecule has 5 rings (SSSR count). The number of nitrogens with zero attached hydrogens (tertiary/aromatic N) is 4. The van der Waals surface area contributed by atoms with Crippen LogP contribution in [0, 0.1) is 5.82 Å². The maximum absolute atomic E-state index is 14.5. The molecule has 0 saturated carbocycles. The maximum atomic E-state index is 14.5. The molecule has 1 amide bonds. The molecule has 1 atom stereocenters. The molecular weight excluding hydrogens is 527 g/mol. The van der Waals surface area contributed by atoms with Crippen molar-refractivity contribution in [2.45, 2.75) is 24.3 Å². The van der Waals surface area contributed by atoms with Crippen molar-refractivity contribution in [3.8, 4) is 0 Å². The Hall–Kier alpha value is -2.64. The third-order valence-corrected chi connectivity index (χ3v) is 7.60. The standard InChI is InChI=1S/C23H24F3N5O3S.CH4S/c1-35-23-5-8-34-13-17(23)28-21-16(11-18(29-31(21)23)30-6-9-33-10-7-30)22(32)27-12-14-3-2-4-15(19(14)24)20(25)26;1-2/h2-4,11,13,20H,5-10,12H2,1H3,(H,27,32);2H,1H3/t23-;/m1./s1. The lowest BCUT2D eigenvalue weighted by molar-refractivity contribution is -0.117. The molecule has 0 aromatic heterocycles. The van der Waals surface area contributed by atoms with E-state index in [1.165, 1.54) is 12.1 Å². The highest BCUT2D eigenvalue weighted by molar-refractivity contribution is 8.00. The molecule has 0 spiro atoms. The second kappa shape index (κ2) is 11.8. The van der Waals surface area contributed by atoms with Crippen LogP contribution in [0.3, 0.4) is 0 Å². The summed E-state index contributed by atoms with van der Waals surface area (Å²) in [5.74, 6) is -0.560. The molecule has 0 radical (unpaired) electrons. The first-order valence-electron chi connectivity index (χ1n) is 11.6. The molecular formula is C24H28F3N5O3S2. The summed E-state index contributed by atoms with van der Waals surface area (Å²) >= 11 is 5.09. The lowest BCUT2D eigenvalue weighted by atomic mass is 10.1. The first kappa shape index (κ1) is 27.4. The number of amidine groups is 2. The van der Waals surface area contributed by atoms with Gasteiger partial charge in [-0.1, -0.05) is 18.2 Å². The summed E-state index contributed by atoms with van der Waals surface area (Å²) in [7, 11) is 0. The topological polar surface area (TPSA) is 78.8 Å². The molecule has 1 aromatic rings. The van der Waals surface area contributed by atoms with Gasteiger partial charge in [0.15, 0.2) is 10.7 Å². The third kappa shape index (κ3) is 5.21. The van der Waals surface area contributed by atoms with Gasteiger partial charge in [0.25, 0.3) is 12.3 Å². The number of ether oxygens (including phenoxy) is 2. The average Bonchev–Trinajstić information content (AvgIpc) is 3.28. The molecule has 0 aliphatic carbocycles. The number of halogens is 3. The predicted octanol–water partition coefficient (Wildman–Crippen LogP) is 3.55. The monoisotopic (exact) mass is 555 g/mol. The number of carbonyl (C=O) groups excluding carboxylic acids is 1. The average molecular weight is 556 g/mol. The van der Waals surface area contributed by atoms with Crippen LogP contribution in [0.5, 0.6) is 0 Å². The number of hydrogen-bond donors (Lipinski definition) is 2. The Bertz CT molecular complexity index is 1150. The van der Waals surface area contributed by atoms with Crippen molar-refractivity contribution in [1.29, 1.82) is 0 Å². The minimum atomic E-state index is -2.94. The molecule has 0 unspecified atom stereocenters. The smallest absolute Gasteiger partial charge is 0.266 e. The van der Waals surface area contributed by atoms with E-state index < -0.39 is 28.6 Å². The van der Waals surface area contributed by atoms with Crippen LogP contribution in [0.4, 0.5) is 13.2 Å². The Morgan fingerprint density at radius 3 is 2.73 bits per heavy atom. The number of hydrazone groups is 1. The SMILES string of the molecule is CS.CS[C@]12CCOC=C1N=C1C(C(=O)NCc3cccc(C(F)F)c3F)=CC(N3CCOCC3)=NN12. The summed E-state index contributed by atoms with van der Waals surface area (Å²) in [6.45, 7) is 2.56. The number of morpholine rings is 1. The van der Waals surface area contributed by atoms with Crippen molar-refractivity contribution in [2.75, 3.05) is 45.4 Å². The number of aliphatic imine (C=N–C) groups is 1. The van der Waals surface area contributed by atoms with Crippen LogP contribution >= 0.6 is 24.4 Å². The molecule has 1 saturated heterocycles. The van der Waals surface area contributed by atoms with Crippen LogP contribution < -0.4 is 5.32 Å². The van der Waals surface area contributed by atoms with Crippen molar-refractivity contribution in [3.05, 3.63) is 58.8 Å². The Balaban J connectivity index is 0.00000156. The van der Waals surface area contributed by atoms with E-state index in [2.05, 4.69) is 22.9 Å². The van der Waals surface area contributed by atoms with E-state index in [-0.39, 0.29) is 17.7 Å². The summed E-state index contributed by atoms with van der Waals surface area (Å²) in [6.07, 6.45) is 4.58. The molecule has 8 nitrogen and oxygen atoms in total. The zero-order valence-electron chi connectivity index (χ0n) is 20.4. The number of nitrogens with one attached hydrogen (secondary N) is 1. The van der Waals surface area contributed by atoms with Gasteiger partial charge in [0, 0.05) is 31.6 Å². The summed E-state index contributed by atoms with van der Waals surface area (Å²) < 4.78 is 51.6. The highest BCUT2D eigenvalue weighted by Crippen LogP contribution is 2.47. The van der Waals surface area contributed by atoms with Crippen molar-refractivity contribution >= 4 is 42.0 Å². The van der Waals surface area contributed by atoms with E-state index in [1.54, 1.807) is 35.4 Å². The predicted molar refractivity (Wildman–Crippen MR) is 140 cm³/mol. The van der Waals surface area contributed by atoms with Crippen LogP contribution in [-0.2, 0) is 20.8 Å². The lowest BCUT2D eigenvalue weighted by Crippen LogP contribution is -2.51. The van der Waals surface area contributed by atoms with E-state index in [0.717, 1.165) is 6.07 Å². The quantitative estimate of drug-likeness (QED) is 0.542. The zero-order valence-corrected chi connectivity index (χ0v) is 22.1. The first-order chi connectivity index (χ1) is 17.9. The van der Waals surface area contributed by atoms with E-state index in [4.69, 9.17) is 14.6 Å². The Morgan fingerprint density at radius 2 is 2.03 bits per heavy atom. The van der Waals surface area contributed by atoms with Gasteiger partial charge in [-0.2, -0.15) is 17.7 Å². The second-order valence-corrected chi connectivity index (χ2v) is 9.36. The minimum Gasteiger partial charge on any atom is -0.499 e. The molecule has 4 aliphatic rings. The highest BCUT2D eigenvalue weighted by atomic mass is 32.2. The normalized spacial score (nSPS) is 22.5. The highest BCUT2D eigenvalue weighted by Gasteiger charge is 2.52. The Labute approximate surface area is 223 Å². The molecule has 1 N–H and O–H groups in total. The van der Waals surface area contributed by atoms with Gasteiger partial charge in [-0.3, -0.25) is 4.79 Å². The summed E-state index contributed by atoms with van der Waals surface area (Å²) in [4.78, 5) is 19.5. The number of alkyl halides is 2. The molecule has 4 aliphatic heterocycles. The number of carbonyl (C=O) groups is 1. The van der Waals surface area contributed by atoms with Gasteiger partial charge in [0.2, 0.25) is 0 Å². The van der Waals surface area contributed by atoms with E-state index in [9.17, 15) is 18.0 Å². The number of benzene rings is 1. The number of thioether (sulfide) groups is 1. The minimum absolute atomic E-state index is 0.0230. The molecule has 1 fully saturated rings. The van der Waals surface area contributed by atoms with Gasteiger partial charge < -0.3 is 19.7 Å². The van der Waals surface area contributed by atoms with Crippen LogP contribution in [0.15, 0.2) is 51.9 Å². The number of fused-ring (bicyclic) bond motifs is 3. The van der Waals surface area contributed by atoms with Crippen LogP contribution in [-0.4, -0.2) is 77.8 Å². The van der Waals surface area contributed by atoms with Crippen LogP contribution in [0.25, 0.3) is 0 Å². The fourth-order valence-electron chi connectivity index (χ4n) is 4.43. The van der Waals surface area contributed by atoms with Crippen molar-refractivity contribution in [3.63, 3.8) is 0 Å². The molecule has 0 bridgehead atoms. The summed E-state index contributed by atoms with van der Waals surface area (Å²) in [5, 5.41) is 9.30. The molecule has 37 heavy (non-hydrogen) atoms. The van der Waals surface area contributed by atoms with Gasteiger partial charge in [-0.15, -0.1) is 11.8 Å². The maximum Gasteiger partial charge on any atom is 0.266 e. The zero-order chi connectivity index (χ0) is 26.6. The van der Waals surface area contributed by atoms with Crippen molar-refractivity contribution in [2.24, 2.45) is 10.1 Å². The fourth-order valence-corrected chi connectivity index (χ4v) is 5.32. The molecule has 200 valence electrons. The summed E-state index contributed by atoms with van der Waals surface area (Å²) in [5.41, 5.74) is 0.202. The Morgan fingerprint density at radius 1 is 1.27 bits per heavy atom. The molecule has 1 aromatic carbocycles. The lowest BCUT2D eigenvalue weighted by Gasteiger charge is -2.40. The largest absolute Gasteiger partial charge is 0.499 e. The summed E-state index contributed by atoms with van der Waals surface area (Å²) in [6, 6.07) is 3.75. The molecule has 13 heteroatoms. The van der Waals surface area contributed by atoms with E-state index >= 15 is 0 Å². The number of hydrogen-bond acceptors (Lipinski definition) is 9. The number of thiol groups is 1. The van der Waals surface area contributed by atoms with E-state index in [1.807, 2.05) is 11.2 Å². The van der Waals surface area contributed by atoms with Gasteiger partial charge >= 0.3 is 0 Å². The van der Waals surface area contributed by atoms with Gasteiger partial charge in [0.1, 0.15) is 23.6 Å².